The van der Waals surface area contributed by atoms with Gasteiger partial charge in [-0.05, 0) is 63.5 Å². The topological polar surface area (TPSA) is 87.7 Å². The van der Waals surface area contributed by atoms with Gasteiger partial charge >= 0.3 is 0 Å². The summed E-state index contributed by atoms with van der Waals surface area (Å²) < 4.78 is 32.8. The molecule has 2 aliphatic heterocycles. The van der Waals surface area contributed by atoms with Crippen LogP contribution in [0.1, 0.15) is 37.6 Å². The van der Waals surface area contributed by atoms with E-state index in [1.54, 1.807) is 12.1 Å². The molecule has 1 aromatic rings. The maximum absolute atomic E-state index is 12.9. The molecular weight excluding hydrogens is 366 g/mol. The Kier molecular flexibility index (Phi) is 6.20. The molecule has 0 bridgehead atoms. The minimum Gasteiger partial charge on any atom is -0.373 e. The third-order valence-electron chi connectivity index (χ3n) is 5.24. The Morgan fingerprint density at radius 1 is 1.15 bits per heavy atom. The van der Waals surface area contributed by atoms with Gasteiger partial charge in [-0.3, -0.25) is 4.79 Å². The fraction of sp³-hybridized carbons (Fsp3) is 0.632. The van der Waals surface area contributed by atoms with Gasteiger partial charge in [0.2, 0.25) is 10.0 Å². The zero-order valence-corrected chi connectivity index (χ0v) is 17.0. The summed E-state index contributed by atoms with van der Waals surface area (Å²) in [5.41, 5.74) is 0.475. The van der Waals surface area contributed by atoms with E-state index in [2.05, 4.69) is 17.6 Å². The first-order valence-corrected chi connectivity index (χ1v) is 11.0. The molecule has 7 nitrogen and oxygen atoms in total. The van der Waals surface area contributed by atoms with Gasteiger partial charge in [0.05, 0.1) is 17.1 Å². The molecule has 0 aromatic heterocycles. The first kappa shape index (κ1) is 20.3. The molecule has 0 aliphatic carbocycles. The molecule has 4 atom stereocenters. The molecule has 3 rings (SSSR count). The summed E-state index contributed by atoms with van der Waals surface area (Å²) in [6.45, 7) is 8.30. The fourth-order valence-electron chi connectivity index (χ4n) is 3.73. The van der Waals surface area contributed by atoms with E-state index >= 15 is 0 Å². The van der Waals surface area contributed by atoms with E-state index in [0.29, 0.717) is 24.6 Å². The first-order valence-electron chi connectivity index (χ1n) is 9.54. The number of rotatable bonds is 4. The smallest absolute Gasteiger partial charge is 0.251 e. The number of nitrogens with zero attached hydrogens (tertiary/aromatic N) is 1. The lowest BCUT2D eigenvalue weighted by Gasteiger charge is -2.34. The molecule has 0 saturated carbocycles. The Hall–Kier alpha value is -1.48. The van der Waals surface area contributed by atoms with Gasteiger partial charge in [-0.15, -0.1) is 0 Å². The van der Waals surface area contributed by atoms with Crippen molar-refractivity contribution < 1.29 is 17.9 Å². The van der Waals surface area contributed by atoms with E-state index in [1.807, 2.05) is 13.8 Å². The van der Waals surface area contributed by atoms with E-state index in [1.165, 1.54) is 16.4 Å². The number of sulfonamides is 1. The molecule has 2 fully saturated rings. The Morgan fingerprint density at radius 2 is 1.78 bits per heavy atom. The van der Waals surface area contributed by atoms with Crippen LogP contribution in [0.25, 0.3) is 0 Å². The van der Waals surface area contributed by atoms with Crippen LogP contribution in [0.5, 0.6) is 0 Å². The molecule has 1 aromatic carbocycles. The Bertz CT molecular complexity index is 756. The second-order valence-electron chi connectivity index (χ2n) is 7.65. The van der Waals surface area contributed by atoms with Crippen molar-refractivity contribution in [3.63, 3.8) is 0 Å². The monoisotopic (exact) mass is 395 g/mol. The van der Waals surface area contributed by atoms with Gasteiger partial charge in [0.15, 0.2) is 0 Å². The molecule has 8 heteroatoms. The second-order valence-corrected chi connectivity index (χ2v) is 9.59. The van der Waals surface area contributed by atoms with Crippen molar-refractivity contribution in [1.29, 1.82) is 0 Å². The van der Waals surface area contributed by atoms with Gasteiger partial charge in [0.1, 0.15) is 0 Å². The summed E-state index contributed by atoms with van der Waals surface area (Å²) in [4.78, 5) is 12.7. The zero-order valence-electron chi connectivity index (χ0n) is 16.1. The van der Waals surface area contributed by atoms with E-state index < -0.39 is 10.0 Å². The van der Waals surface area contributed by atoms with Crippen LogP contribution < -0.4 is 10.6 Å². The highest BCUT2D eigenvalue weighted by Gasteiger charge is 2.32. The highest BCUT2D eigenvalue weighted by atomic mass is 32.2. The number of morpholine rings is 1. The Labute approximate surface area is 161 Å². The van der Waals surface area contributed by atoms with Crippen LogP contribution in [0.4, 0.5) is 0 Å². The molecule has 150 valence electrons. The molecule has 2 heterocycles. The minimum absolute atomic E-state index is 0.137. The van der Waals surface area contributed by atoms with Crippen LogP contribution in [-0.4, -0.2) is 63.1 Å². The normalized spacial score (nSPS) is 30.0. The number of nitrogens with one attached hydrogen (secondary N) is 2. The number of amides is 1. The van der Waals surface area contributed by atoms with Gasteiger partial charge in [-0.25, -0.2) is 8.42 Å². The Balaban J connectivity index is 1.69. The highest BCUT2D eigenvalue weighted by Crippen LogP contribution is 2.21. The third-order valence-corrected chi connectivity index (χ3v) is 7.09. The standard InChI is InChI=1S/C19H29N3O4S/c1-13-10-20-9-8-18(13)21-19(23)16-4-6-17(7-5-16)27(24,25)22-11-14(2)26-15(3)12-22/h4-7,13-15,18,20H,8-12H2,1-3H3,(H,21,23). The van der Waals surface area contributed by atoms with Crippen molar-refractivity contribution in [2.75, 3.05) is 26.2 Å². The molecular formula is C19H29N3O4S. The molecule has 2 saturated heterocycles. The lowest BCUT2D eigenvalue weighted by molar-refractivity contribution is -0.0440. The largest absolute Gasteiger partial charge is 0.373 e. The van der Waals surface area contributed by atoms with Crippen molar-refractivity contribution in [3.05, 3.63) is 29.8 Å². The summed E-state index contributed by atoms with van der Waals surface area (Å²) in [6, 6.07) is 6.34. The quantitative estimate of drug-likeness (QED) is 0.800. The number of hydrogen-bond acceptors (Lipinski definition) is 5. The first-order chi connectivity index (χ1) is 12.8. The summed E-state index contributed by atoms with van der Waals surface area (Å²) in [7, 11) is -3.59. The van der Waals surface area contributed by atoms with Gasteiger partial charge in [0, 0.05) is 24.7 Å². The molecule has 27 heavy (non-hydrogen) atoms. The van der Waals surface area contributed by atoms with Crippen molar-refractivity contribution in [3.8, 4) is 0 Å². The Morgan fingerprint density at radius 3 is 2.37 bits per heavy atom. The zero-order chi connectivity index (χ0) is 19.6. The average molecular weight is 396 g/mol. The predicted molar refractivity (Wildman–Crippen MR) is 103 cm³/mol. The average Bonchev–Trinajstić information content (AvgIpc) is 2.63. The maximum Gasteiger partial charge on any atom is 0.251 e. The molecule has 0 spiro atoms. The van der Waals surface area contributed by atoms with Gasteiger partial charge < -0.3 is 15.4 Å². The van der Waals surface area contributed by atoms with Crippen molar-refractivity contribution in [2.24, 2.45) is 5.92 Å². The van der Waals surface area contributed by atoms with E-state index in [-0.39, 0.29) is 29.1 Å². The number of hydrogen-bond donors (Lipinski definition) is 2. The summed E-state index contributed by atoms with van der Waals surface area (Å²) in [5.74, 6) is 0.207. The van der Waals surface area contributed by atoms with Gasteiger partial charge in [-0.1, -0.05) is 6.92 Å². The lowest BCUT2D eigenvalue weighted by atomic mass is 9.95. The van der Waals surface area contributed by atoms with Gasteiger partial charge in [-0.2, -0.15) is 4.31 Å². The number of ether oxygens (including phenoxy) is 1. The van der Waals surface area contributed by atoms with Crippen LogP contribution >= 0.6 is 0 Å². The number of carbonyl (C=O) groups is 1. The number of benzene rings is 1. The van der Waals surface area contributed by atoms with Crippen LogP contribution in [0, 0.1) is 5.92 Å². The van der Waals surface area contributed by atoms with E-state index in [9.17, 15) is 13.2 Å². The lowest BCUT2D eigenvalue weighted by Crippen LogP contribution is -2.48. The molecule has 2 aliphatic rings. The predicted octanol–water partition coefficient (Wildman–Crippen LogP) is 1.21. The highest BCUT2D eigenvalue weighted by molar-refractivity contribution is 7.89. The molecule has 0 radical (unpaired) electrons. The third kappa shape index (κ3) is 4.68. The van der Waals surface area contributed by atoms with E-state index in [0.717, 1.165) is 19.5 Å². The summed E-state index contributed by atoms with van der Waals surface area (Å²) in [5, 5.41) is 6.37. The minimum atomic E-state index is -3.59. The van der Waals surface area contributed by atoms with E-state index in [4.69, 9.17) is 4.74 Å². The molecule has 4 unspecified atom stereocenters. The number of piperidine rings is 1. The van der Waals surface area contributed by atoms with Gasteiger partial charge in [0.25, 0.3) is 5.91 Å². The number of carbonyl (C=O) groups excluding carboxylic acids is 1. The van der Waals surface area contributed by atoms with Crippen LogP contribution in [0.3, 0.4) is 0 Å². The summed E-state index contributed by atoms with van der Waals surface area (Å²) >= 11 is 0. The van der Waals surface area contributed by atoms with Crippen LogP contribution in [0.15, 0.2) is 29.2 Å². The second kappa shape index (κ2) is 8.26. The van der Waals surface area contributed by atoms with Crippen molar-refractivity contribution in [2.45, 2.75) is 50.3 Å². The SMILES string of the molecule is CC1CN(S(=O)(=O)c2ccc(C(=O)NC3CCNCC3C)cc2)CC(C)O1. The van der Waals surface area contributed by atoms with Crippen LogP contribution in [-0.2, 0) is 14.8 Å². The maximum atomic E-state index is 12.9. The van der Waals surface area contributed by atoms with Crippen LogP contribution in [0.2, 0.25) is 0 Å². The summed E-state index contributed by atoms with van der Waals surface area (Å²) in [6.07, 6.45) is 0.619. The molecule has 2 N–H and O–H groups in total. The van der Waals surface area contributed by atoms with Crippen molar-refractivity contribution >= 4 is 15.9 Å². The fourth-order valence-corrected chi connectivity index (χ4v) is 5.33. The molecule has 1 amide bonds. The van der Waals surface area contributed by atoms with Crippen molar-refractivity contribution in [1.82, 2.24) is 14.9 Å².